The molecule has 1 aliphatic heterocycles. The highest BCUT2D eigenvalue weighted by atomic mass is 16.5. The number of pyridine rings is 1. The summed E-state index contributed by atoms with van der Waals surface area (Å²) in [6, 6.07) is 3.26. The van der Waals surface area contributed by atoms with E-state index < -0.39 is 6.10 Å². The van der Waals surface area contributed by atoms with Crippen molar-refractivity contribution in [3.05, 3.63) is 28.8 Å². The van der Waals surface area contributed by atoms with Crippen LogP contribution in [0.25, 0.3) is 10.9 Å². The Labute approximate surface area is 160 Å². The Morgan fingerprint density at radius 1 is 1.61 bits per heavy atom. The fourth-order valence-corrected chi connectivity index (χ4v) is 2.95. The lowest BCUT2D eigenvalue weighted by Crippen LogP contribution is -2.41. The van der Waals surface area contributed by atoms with Gasteiger partial charge in [0.15, 0.2) is 6.10 Å². The first-order valence-electron chi connectivity index (χ1n) is 8.80. The molecule has 3 heterocycles. The number of hydrogen-bond acceptors (Lipinski definition) is 8. The van der Waals surface area contributed by atoms with Crippen LogP contribution in [0, 0.1) is 16.7 Å². The summed E-state index contributed by atoms with van der Waals surface area (Å²) in [7, 11) is 0. The minimum absolute atomic E-state index is 0.0279. The number of hydrogen-bond donors (Lipinski definition) is 2. The molecule has 1 fully saturated rings. The van der Waals surface area contributed by atoms with Crippen LogP contribution in [-0.4, -0.2) is 63.4 Å². The maximum atomic E-state index is 12.1. The number of carbonyl (C=O) groups is 1. The molecule has 0 saturated carbocycles. The summed E-state index contributed by atoms with van der Waals surface area (Å²) >= 11 is 0. The number of aliphatic imine (C=N–C) groups is 1. The Balaban J connectivity index is 1.67. The van der Waals surface area contributed by atoms with Crippen LogP contribution in [0.15, 0.2) is 28.2 Å². The summed E-state index contributed by atoms with van der Waals surface area (Å²) in [5.41, 5.74) is 0.0304. The number of nitrogens with one attached hydrogen (secondary N) is 2. The van der Waals surface area contributed by atoms with Crippen molar-refractivity contribution < 1.29 is 9.53 Å². The second kappa shape index (κ2) is 8.85. The van der Waals surface area contributed by atoms with Crippen LogP contribution in [0.1, 0.15) is 19.3 Å². The molecule has 2 unspecified atom stereocenters. The van der Waals surface area contributed by atoms with Gasteiger partial charge in [-0.2, -0.15) is 10.2 Å². The fourth-order valence-electron chi connectivity index (χ4n) is 2.95. The van der Waals surface area contributed by atoms with Crippen molar-refractivity contribution in [3.8, 4) is 12.1 Å². The quantitative estimate of drug-likeness (QED) is 0.703. The second-order valence-corrected chi connectivity index (χ2v) is 6.28. The summed E-state index contributed by atoms with van der Waals surface area (Å²) in [5.74, 6) is -0.200. The molecule has 1 aliphatic rings. The van der Waals surface area contributed by atoms with Crippen LogP contribution in [0.5, 0.6) is 6.01 Å². The van der Waals surface area contributed by atoms with E-state index in [4.69, 9.17) is 15.4 Å². The molecule has 2 N–H and O–H groups in total. The van der Waals surface area contributed by atoms with Crippen molar-refractivity contribution in [1.29, 1.82) is 10.7 Å². The van der Waals surface area contributed by atoms with Gasteiger partial charge < -0.3 is 15.0 Å². The molecule has 1 saturated heterocycles. The lowest BCUT2D eigenvalue weighted by molar-refractivity contribution is -0.131. The van der Waals surface area contributed by atoms with E-state index in [1.807, 2.05) is 6.07 Å². The highest BCUT2D eigenvalue weighted by molar-refractivity contribution is 5.86. The number of ether oxygens (including phenoxy) is 1. The molecule has 0 radical (unpaired) electrons. The van der Waals surface area contributed by atoms with Gasteiger partial charge in [0, 0.05) is 31.7 Å². The minimum Gasteiger partial charge on any atom is -0.450 e. The Kier molecular flexibility index (Phi) is 6.06. The van der Waals surface area contributed by atoms with Crippen LogP contribution in [0.4, 0.5) is 0 Å². The average Bonchev–Trinajstić information content (AvgIpc) is 2.71. The lowest BCUT2D eigenvalue weighted by atomic mass is 10.1. The normalized spacial score (nSPS) is 18.0. The third-order valence-corrected chi connectivity index (χ3v) is 4.32. The van der Waals surface area contributed by atoms with Gasteiger partial charge in [-0.05, 0) is 18.9 Å². The largest absolute Gasteiger partial charge is 0.450 e. The highest BCUT2D eigenvalue weighted by Gasteiger charge is 2.23. The summed E-state index contributed by atoms with van der Waals surface area (Å²) < 4.78 is 5.55. The van der Waals surface area contributed by atoms with E-state index in [1.54, 1.807) is 11.0 Å². The molecule has 0 bridgehead atoms. The minimum atomic E-state index is -0.817. The molecule has 3 rings (SSSR count). The third kappa shape index (κ3) is 4.56. The van der Waals surface area contributed by atoms with Gasteiger partial charge in [0.1, 0.15) is 6.42 Å². The zero-order valence-electron chi connectivity index (χ0n) is 15.0. The topological polar surface area (TPSA) is 148 Å². The van der Waals surface area contributed by atoms with Gasteiger partial charge in [0.25, 0.3) is 11.6 Å². The van der Waals surface area contributed by atoms with Crippen LogP contribution < -0.4 is 10.3 Å². The first kappa shape index (κ1) is 19.2. The van der Waals surface area contributed by atoms with E-state index in [0.29, 0.717) is 24.0 Å². The average molecular weight is 381 g/mol. The van der Waals surface area contributed by atoms with Gasteiger partial charge in [-0.3, -0.25) is 24.5 Å². The molecule has 10 nitrogen and oxygen atoms in total. The number of H-pyrrole nitrogens is 1. The summed E-state index contributed by atoms with van der Waals surface area (Å²) in [5, 5.41) is 16.6. The monoisotopic (exact) mass is 381 g/mol. The molecule has 28 heavy (non-hydrogen) atoms. The van der Waals surface area contributed by atoms with E-state index in [-0.39, 0.29) is 29.9 Å². The summed E-state index contributed by atoms with van der Waals surface area (Å²) in [6.07, 6.45) is 6.10. The van der Waals surface area contributed by atoms with Crippen molar-refractivity contribution in [2.75, 3.05) is 13.1 Å². The van der Waals surface area contributed by atoms with Crippen LogP contribution in [-0.2, 0) is 4.79 Å². The number of piperidine rings is 1. The number of nitriles is 1. The van der Waals surface area contributed by atoms with E-state index in [1.165, 1.54) is 18.6 Å². The fraction of sp³-hybridized carbons (Fsp3) is 0.389. The molecule has 10 heteroatoms. The van der Waals surface area contributed by atoms with Crippen molar-refractivity contribution in [2.45, 2.75) is 31.4 Å². The molecule has 144 valence electrons. The first-order valence-corrected chi connectivity index (χ1v) is 8.80. The maximum absolute atomic E-state index is 12.1. The predicted octanol–water partition coefficient (Wildman–Crippen LogP) is 0.691. The van der Waals surface area contributed by atoms with Crippen LogP contribution in [0.3, 0.4) is 0 Å². The van der Waals surface area contributed by atoms with Crippen molar-refractivity contribution in [3.63, 3.8) is 0 Å². The van der Waals surface area contributed by atoms with Crippen molar-refractivity contribution >= 4 is 29.2 Å². The number of aromatic nitrogens is 3. The first-order chi connectivity index (χ1) is 13.6. The van der Waals surface area contributed by atoms with Gasteiger partial charge in [-0.25, -0.2) is 0 Å². The number of likely N-dealkylation sites (tertiary alicyclic amines) is 1. The maximum Gasteiger partial charge on any atom is 0.298 e. The Morgan fingerprint density at radius 3 is 3.25 bits per heavy atom. The molecule has 1 amide bonds. The second-order valence-electron chi connectivity index (χ2n) is 6.28. The van der Waals surface area contributed by atoms with Gasteiger partial charge in [0.05, 0.1) is 29.2 Å². The van der Waals surface area contributed by atoms with Gasteiger partial charge in [0.2, 0.25) is 5.91 Å². The molecule has 2 atom stereocenters. The standard InChI is InChI=1S/C18H19N7O3/c19-5-3-16(26)25-7-1-2-12(11-25)22-9-13(8-20)28-18-23-15-10-21-6-4-14(15)17(27)24-18/h4,6,8-10,12-13,20H,1-3,7,11H2,(H,23,24,27). The summed E-state index contributed by atoms with van der Waals surface area (Å²) in [6.45, 7) is 1.05. The van der Waals surface area contributed by atoms with Crippen LogP contribution in [0.2, 0.25) is 0 Å². The Bertz CT molecular complexity index is 995. The molecular formula is C18H19N7O3. The zero-order valence-corrected chi connectivity index (χ0v) is 15.0. The molecule has 2 aromatic heterocycles. The smallest absolute Gasteiger partial charge is 0.298 e. The Morgan fingerprint density at radius 2 is 2.46 bits per heavy atom. The SMILES string of the molecule is N#CCC(=O)N1CCCC(N=CC(C=N)Oc2nc3cnccc3c(=O)[nH]2)C1. The van der Waals surface area contributed by atoms with Crippen LogP contribution >= 0.6 is 0 Å². The number of carbonyl (C=O) groups excluding carboxylic acids is 1. The predicted molar refractivity (Wildman–Crippen MR) is 102 cm³/mol. The van der Waals surface area contributed by atoms with E-state index in [9.17, 15) is 9.59 Å². The van der Waals surface area contributed by atoms with Crippen molar-refractivity contribution in [2.24, 2.45) is 4.99 Å². The van der Waals surface area contributed by atoms with Gasteiger partial charge >= 0.3 is 0 Å². The van der Waals surface area contributed by atoms with Gasteiger partial charge in [-0.1, -0.05) is 0 Å². The Hall–Kier alpha value is -3.61. The number of fused-ring (bicyclic) bond motifs is 1. The van der Waals surface area contributed by atoms with Gasteiger partial charge in [-0.15, -0.1) is 0 Å². The molecule has 0 aromatic carbocycles. The van der Waals surface area contributed by atoms with E-state index in [2.05, 4.69) is 19.9 Å². The van der Waals surface area contributed by atoms with Crippen molar-refractivity contribution in [1.82, 2.24) is 19.9 Å². The summed E-state index contributed by atoms with van der Waals surface area (Å²) in [4.78, 5) is 40.6. The van der Waals surface area contributed by atoms with E-state index >= 15 is 0 Å². The number of aromatic amines is 1. The number of nitrogens with zero attached hydrogens (tertiary/aromatic N) is 5. The zero-order chi connectivity index (χ0) is 19.9. The highest BCUT2D eigenvalue weighted by Crippen LogP contribution is 2.14. The third-order valence-electron chi connectivity index (χ3n) is 4.32. The number of amides is 1. The molecule has 2 aromatic rings. The molecule has 0 aliphatic carbocycles. The molecular weight excluding hydrogens is 362 g/mol. The lowest BCUT2D eigenvalue weighted by Gasteiger charge is -2.30. The molecule has 0 spiro atoms. The number of rotatable bonds is 6. The van der Waals surface area contributed by atoms with E-state index in [0.717, 1.165) is 19.1 Å².